The average Bonchev–Trinajstić information content (AvgIpc) is 3.42. The van der Waals surface area contributed by atoms with Crippen LogP contribution in [0.5, 0.6) is 0 Å². The van der Waals surface area contributed by atoms with Gasteiger partial charge in [0, 0.05) is 19.4 Å². The number of hydrogen-bond acceptors (Lipinski definition) is 8. The van der Waals surface area contributed by atoms with Crippen molar-refractivity contribution >= 4 is 19.8 Å². The van der Waals surface area contributed by atoms with Crippen molar-refractivity contribution in [3.05, 3.63) is 24.3 Å². The zero-order valence-corrected chi connectivity index (χ0v) is 52.1. The van der Waals surface area contributed by atoms with Gasteiger partial charge in [0.15, 0.2) is 6.10 Å². The van der Waals surface area contributed by atoms with Gasteiger partial charge in [0.05, 0.1) is 13.2 Å². The number of rotatable bonds is 65. The van der Waals surface area contributed by atoms with Gasteiger partial charge < -0.3 is 20.1 Å². The molecule has 0 saturated carbocycles. The highest BCUT2D eigenvalue weighted by atomic mass is 31.2. The summed E-state index contributed by atoms with van der Waals surface area (Å²) in [5, 5.41) is 0. The van der Waals surface area contributed by atoms with Crippen molar-refractivity contribution in [2.45, 2.75) is 367 Å². The number of nitrogens with two attached hydrogens (primary N) is 1. The summed E-state index contributed by atoms with van der Waals surface area (Å²) in [4.78, 5) is 35.3. The molecule has 0 fully saturated rings. The number of carbonyl (C=O) groups is 2. The van der Waals surface area contributed by atoms with E-state index in [0.717, 1.165) is 38.5 Å². The molecule has 0 aromatic heterocycles. The Kier molecular flexibility index (Phi) is 62.4. The second-order valence-electron chi connectivity index (χ2n) is 23.1. The number of phosphoric ester groups is 1. The van der Waals surface area contributed by atoms with E-state index in [2.05, 4.69) is 38.2 Å². The molecule has 0 radical (unpaired) electrons. The molecule has 0 bridgehead atoms. The first-order valence-corrected chi connectivity index (χ1v) is 35.3. The molecule has 456 valence electrons. The number of hydrogen-bond donors (Lipinski definition) is 2. The average molecular weight is 1110 g/mol. The maximum atomic E-state index is 12.7. The lowest BCUT2D eigenvalue weighted by Crippen LogP contribution is -2.29. The van der Waals surface area contributed by atoms with E-state index < -0.39 is 26.5 Å². The van der Waals surface area contributed by atoms with E-state index >= 15 is 0 Å². The highest BCUT2D eigenvalue weighted by molar-refractivity contribution is 7.47. The van der Waals surface area contributed by atoms with Crippen LogP contribution in [-0.2, 0) is 32.7 Å². The highest BCUT2D eigenvalue weighted by Crippen LogP contribution is 2.43. The van der Waals surface area contributed by atoms with E-state index in [9.17, 15) is 19.0 Å². The van der Waals surface area contributed by atoms with Crippen LogP contribution in [0.4, 0.5) is 0 Å². The van der Waals surface area contributed by atoms with Gasteiger partial charge in [-0.15, -0.1) is 0 Å². The third-order valence-corrected chi connectivity index (χ3v) is 16.3. The van der Waals surface area contributed by atoms with Gasteiger partial charge in [-0.1, -0.05) is 327 Å². The Labute approximate surface area is 478 Å². The molecule has 0 saturated heterocycles. The molecule has 0 amide bonds. The third-order valence-electron chi connectivity index (χ3n) is 15.3. The first-order chi connectivity index (χ1) is 37.8. The first kappa shape index (κ1) is 75.5. The molecule has 0 aromatic carbocycles. The summed E-state index contributed by atoms with van der Waals surface area (Å²) in [6.45, 7) is 3.81. The molecule has 0 aliphatic carbocycles. The highest BCUT2D eigenvalue weighted by Gasteiger charge is 2.26. The summed E-state index contributed by atoms with van der Waals surface area (Å²) in [5.74, 6) is -0.803. The van der Waals surface area contributed by atoms with Crippen LogP contribution in [-0.4, -0.2) is 49.3 Å². The second-order valence-corrected chi connectivity index (χ2v) is 24.5. The number of esters is 2. The molecular formula is C67H130NO8P. The predicted molar refractivity (Wildman–Crippen MR) is 331 cm³/mol. The summed E-state index contributed by atoms with van der Waals surface area (Å²) in [6, 6.07) is 0. The molecule has 3 N–H and O–H groups in total. The largest absolute Gasteiger partial charge is 0.472 e. The summed E-state index contributed by atoms with van der Waals surface area (Å²) in [5.41, 5.74) is 5.40. The molecule has 0 heterocycles. The Morgan fingerprint density at radius 2 is 0.675 bits per heavy atom. The van der Waals surface area contributed by atoms with Gasteiger partial charge in [0.2, 0.25) is 0 Å². The first-order valence-electron chi connectivity index (χ1n) is 33.8. The van der Waals surface area contributed by atoms with E-state index in [1.165, 1.54) is 289 Å². The quantitative estimate of drug-likeness (QED) is 0.0264. The van der Waals surface area contributed by atoms with Gasteiger partial charge in [-0.3, -0.25) is 18.6 Å². The van der Waals surface area contributed by atoms with Crippen LogP contribution in [0.1, 0.15) is 361 Å². The molecule has 2 atom stereocenters. The molecule has 77 heavy (non-hydrogen) atoms. The number of carbonyl (C=O) groups excluding carboxylic acids is 2. The summed E-state index contributed by atoms with van der Waals surface area (Å²) in [7, 11) is -4.39. The Morgan fingerprint density at radius 3 is 0.987 bits per heavy atom. The molecule has 10 heteroatoms. The molecule has 9 nitrogen and oxygen atoms in total. The van der Waals surface area contributed by atoms with Crippen molar-refractivity contribution in [3.63, 3.8) is 0 Å². The van der Waals surface area contributed by atoms with E-state index in [1.807, 2.05) is 0 Å². The van der Waals surface area contributed by atoms with Gasteiger partial charge in [0.1, 0.15) is 6.61 Å². The molecule has 0 spiro atoms. The van der Waals surface area contributed by atoms with Gasteiger partial charge in [-0.05, 0) is 44.9 Å². The van der Waals surface area contributed by atoms with Crippen molar-refractivity contribution in [2.24, 2.45) is 5.73 Å². The molecule has 0 rings (SSSR count). The van der Waals surface area contributed by atoms with Crippen LogP contribution in [0, 0.1) is 0 Å². The van der Waals surface area contributed by atoms with Gasteiger partial charge in [-0.25, -0.2) is 4.57 Å². The monoisotopic (exact) mass is 1110 g/mol. The van der Waals surface area contributed by atoms with Crippen molar-refractivity contribution in [1.82, 2.24) is 0 Å². The topological polar surface area (TPSA) is 134 Å². The number of allylic oxidation sites excluding steroid dienone is 4. The number of ether oxygens (including phenoxy) is 2. The van der Waals surface area contributed by atoms with Crippen molar-refractivity contribution in [2.75, 3.05) is 26.4 Å². The lowest BCUT2D eigenvalue weighted by molar-refractivity contribution is -0.161. The summed E-state index contributed by atoms with van der Waals surface area (Å²) >= 11 is 0. The lowest BCUT2D eigenvalue weighted by atomic mass is 10.0. The fraction of sp³-hybridized carbons (Fsp3) is 0.910. The maximum absolute atomic E-state index is 12.7. The van der Waals surface area contributed by atoms with Crippen LogP contribution >= 0.6 is 7.82 Å². The van der Waals surface area contributed by atoms with Gasteiger partial charge >= 0.3 is 19.8 Å². The van der Waals surface area contributed by atoms with E-state index in [1.54, 1.807) is 0 Å². The van der Waals surface area contributed by atoms with Crippen molar-refractivity contribution < 1.29 is 37.6 Å². The standard InChI is InChI=1S/C67H130NO8P/c1-3-5-7-9-11-13-15-17-19-21-23-25-27-28-29-30-31-32-33-34-35-36-38-40-42-44-46-48-50-52-54-56-58-60-67(70)76-65(64-75-77(71,72)74-62-61-68)63-73-66(69)59-57-55-53-51-49-47-45-43-41-39-37-26-24-22-20-18-16-14-12-10-8-6-4-2/h15,17,21,23,65H,3-14,16,18-20,22,24-64,68H2,1-2H3,(H,71,72)/b17-15-,23-21-. The normalized spacial score (nSPS) is 13.0. The third kappa shape index (κ3) is 63.5. The van der Waals surface area contributed by atoms with Crippen LogP contribution < -0.4 is 5.73 Å². The van der Waals surface area contributed by atoms with Crippen molar-refractivity contribution in [1.29, 1.82) is 0 Å². The smallest absolute Gasteiger partial charge is 0.462 e. The Bertz CT molecular complexity index is 1310. The minimum atomic E-state index is -4.39. The Morgan fingerprint density at radius 1 is 0.390 bits per heavy atom. The zero-order valence-electron chi connectivity index (χ0n) is 51.2. The minimum absolute atomic E-state index is 0.0572. The lowest BCUT2D eigenvalue weighted by Gasteiger charge is -2.19. The summed E-state index contributed by atoms with van der Waals surface area (Å²) < 4.78 is 33.2. The number of phosphoric acid groups is 1. The second kappa shape index (κ2) is 63.7. The summed E-state index contributed by atoms with van der Waals surface area (Å²) in [6.07, 6.45) is 77.0. The fourth-order valence-electron chi connectivity index (χ4n) is 10.3. The van der Waals surface area contributed by atoms with Crippen LogP contribution in [0.25, 0.3) is 0 Å². The molecule has 0 aromatic rings. The van der Waals surface area contributed by atoms with Crippen LogP contribution in [0.3, 0.4) is 0 Å². The van der Waals surface area contributed by atoms with Crippen LogP contribution in [0.2, 0.25) is 0 Å². The maximum Gasteiger partial charge on any atom is 0.472 e. The fourth-order valence-corrected chi connectivity index (χ4v) is 11.1. The van der Waals surface area contributed by atoms with Crippen LogP contribution in [0.15, 0.2) is 24.3 Å². The molecular weight excluding hydrogens is 978 g/mol. The van der Waals surface area contributed by atoms with E-state index in [-0.39, 0.29) is 38.6 Å². The Balaban J connectivity index is 3.82. The molecule has 0 aliphatic heterocycles. The minimum Gasteiger partial charge on any atom is -0.462 e. The SMILES string of the molecule is CCCCCCC/C=C\C/C=C\CCCCCCCCCCCCCCCCCCCCCCCC(=O)OC(COC(=O)CCCCCCCCCCCCCCCCCCCCCCCCC)COP(=O)(O)OCCN. The van der Waals surface area contributed by atoms with E-state index in [4.69, 9.17) is 24.3 Å². The zero-order chi connectivity index (χ0) is 55.9. The predicted octanol–water partition coefficient (Wildman–Crippen LogP) is 21.8. The van der Waals surface area contributed by atoms with Gasteiger partial charge in [0.25, 0.3) is 0 Å². The molecule has 2 unspecified atom stereocenters. The van der Waals surface area contributed by atoms with Gasteiger partial charge in [-0.2, -0.15) is 0 Å². The Hall–Kier alpha value is -1.51. The number of unbranched alkanes of at least 4 members (excludes halogenated alkanes) is 48. The van der Waals surface area contributed by atoms with Crippen molar-refractivity contribution in [3.8, 4) is 0 Å². The molecule has 0 aliphatic rings. The van der Waals surface area contributed by atoms with E-state index in [0.29, 0.717) is 6.42 Å².